The van der Waals surface area contributed by atoms with Crippen LogP contribution in [-0.2, 0) is 0 Å². The summed E-state index contributed by atoms with van der Waals surface area (Å²) in [4.78, 5) is 3.91. The Morgan fingerprint density at radius 2 is 1.94 bits per heavy atom. The number of nitrogens with zero attached hydrogens (tertiary/aromatic N) is 1. The van der Waals surface area contributed by atoms with Crippen molar-refractivity contribution in [1.82, 2.24) is 10.6 Å². The van der Waals surface area contributed by atoms with Crippen LogP contribution in [0.4, 0.5) is 17.6 Å². The smallest absolute Gasteiger partial charge is 0.357 e. The highest BCUT2D eigenvalue weighted by atomic mass is 19.4. The van der Waals surface area contributed by atoms with E-state index in [9.17, 15) is 17.6 Å². The number of alkyl halides is 4. The van der Waals surface area contributed by atoms with Crippen LogP contribution in [0.25, 0.3) is 0 Å². The van der Waals surface area contributed by atoms with Gasteiger partial charge in [-0.05, 0) is 13.3 Å². The van der Waals surface area contributed by atoms with Crippen molar-refractivity contribution in [3.8, 4) is 0 Å². The molecule has 0 rings (SSSR count). The molecule has 0 aliphatic carbocycles. The first-order valence-electron chi connectivity index (χ1n) is 5.14. The summed E-state index contributed by atoms with van der Waals surface area (Å²) >= 11 is 0. The largest absolute Gasteiger partial charge is 0.390 e. The van der Waals surface area contributed by atoms with Crippen LogP contribution in [0.5, 0.6) is 0 Å². The molecule has 7 heteroatoms. The van der Waals surface area contributed by atoms with Gasteiger partial charge in [0.25, 0.3) is 0 Å². The number of nitrogens with one attached hydrogen (secondary N) is 2. The van der Waals surface area contributed by atoms with Gasteiger partial charge in [-0.3, -0.25) is 9.38 Å². The molecule has 16 heavy (non-hydrogen) atoms. The summed E-state index contributed by atoms with van der Waals surface area (Å²) in [5, 5.41) is 5.31. The Kier molecular flexibility index (Phi) is 7.66. The van der Waals surface area contributed by atoms with Crippen molar-refractivity contribution in [1.29, 1.82) is 0 Å². The highest BCUT2D eigenvalue weighted by Crippen LogP contribution is 2.17. The van der Waals surface area contributed by atoms with E-state index >= 15 is 0 Å². The fraction of sp³-hybridized carbons (Fsp3) is 0.889. The number of guanidine groups is 1. The first-order valence-corrected chi connectivity index (χ1v) is 5.14. The zero-order valence-corrected chi connectivity index (χ0v) is 9.20. The number of aliphatic imine (C=N–C) groups is 1. The molecule has 0 aromatic heterocycles. The van der Waals surface area contributed by atoms with Crippen LogP contribution < -0.4 is 10.6 Å². The molecule has 3 nitrogen and oxygen atoms in total. The molecule has 0 atom stereocenters. The Morgan fingerprint density at radius 3 is 2.44 bits per heavy atom. The van der Waals surface area contributed by atoms with Crippen LogP contribution in [-0.4, -0.2) is 38.4 Å². The van der Waals surface area contributed by atoms with E-state index in [0.717, 1.165) is 0 Å². The summed E-state index contributed by atoms with van der Waals surface area (Å²) < 4.78 is 47.3. The molecule has 0 saturated heterocycles. The standard InChI is InChI=1S/C9H17F4N3/c1-2-14-8(15-6-3-5-10)16-7-4-9(11,12)13/h2-7H2,1H3,(H2,14,15,16). The van der Waals surface area contributed by atoms with E-state index in [4.69, 9.17) is 0 Å². The molecule has 0 fully saturated rings. The van der Waals surface area contributed by atoms with Crippen LogP contribution in [0.2, 0.25) is 0 Å². The average molecular weight is 243 g/mol. The third kappa shape index (κ3) is 9.54. The van der Waals surface area contributed by atoms with Gasteiger partial charge in [0.05, 0.1) is 13.1 Å². The van der Waals surface area contributed by atoms with Crippen molar-refractivity contribution in [2.24, 2.45) is 4.99 Å². The minimum atomic E-state index is -4.18. The molecule has 0 aromatic rings. The van der Waals surface area contributed by atoms with Gasteiger partial charge in [0.2, 0.25) is 0 Å². The summed E-state index contributed by atoms with van der Waals surface area (Å²) in [7, 11) is 0. The summed E-state index contributed by atoms with van der Waals surface area (Å²) in [6, 6.07) is 0. The van der Waals surface area contributed by atoms with Crippen LogP contribution in [0, 0.1) is 0 Å². The maximum absolute atomic E-state index is 11.8. The van der Waals surface area contributed by atoms with Gasteiger partial charge < -0.3 is 10.6 Å². The normalized spacial score (nSPS) is 12.7. The second kappa shape index (κ2) is 8.18. The molecule has 0 amide bonds. The summed E-state index contributed by atoms with van der Waals surface area (Å²) in [6.45, 7) is 1.90. The van der Waals surface area contributed by atoms with E-state index in [1.807, 2.05) is 0 Å². The van der Waals surface area contributed by atoms with Gasteiger partial charge in [0.1, 0.15) is 0 Å². The molecule has 0 aliphatic heterocycles. The lowest BCUT2D eigenvalue weighted by Crippen LogP contribution is -2.39. The van der Waals surface area contributed by atoms with Crippen molar-refractivity contribution < 1.29 is 17.6 Å². The van der Waals surface area contributed by atoms with Gasteiger partial charge >= 0.3 is 6.18 Å². The molecule has 0 heterocycles. The third-order valence-corrected chi connectivity index (χ3v) is 1.61. The fourth-order valence-electron chi connectivity index (χ4n) is 0.915. The first-order chi connectivity index (χ1) is 7.49. The van der Waals surface area contributed by atoms with Gasteiger partial charge in [-0.25, -0.2) is 0 Å². The number of hydrogen-bond acceptors (Lipinski definition) is 1. The number of rotatable bonds is 6. The molecular formula is C9H17F4N3. The van der Waals surface area contributed by atoms with E-state index in [1.165, 1.54) is 0 Å². The second-order valence-corrected chi connectivity index (χ2v) is 3.10. The van der Waals surface area contributed by atoms with Crippen molar-refractivity contribution in [2.45, 2.75) is 25.9 Å². The number of hydrogen-bond donors (Lipinski definition) is 2. The lowest BCUT2D eigenvalue weighted by atomic mass is 10.4. The zero-order chi connectivity index (χ0) is 12.4. The van der Waals surface area contributed by atoms with E-state index in [-0.39, 0.29) is 19.5 Å². The lowest BCUT2D eigenvalue weighted by molar-refractivity contribution is -0.132. The van der Waals surface area contributed by atoms with Gasteiger partial charge in [0.15, 0.2) is 5.96 Å². The maximum atomic E-state index is 11.8. The van der Waals surface area contributed by atoms with E-state index < -0.39 is 19.3 Å². The van der Waals surface area contributed by atoms with Crippen molar-refractivity contribution >= 4 is 5.96 Å². The molecule has 0 aromatic carbocycles. The zero-order valence-electron chi connectivity index (χ0n) is 9.20. The Bertz CT molecular complexity index is 203. The van der Waals surface area contributed by atoms with Crippen LogP contribution in [0.1, 0.15) is 19.8 Å². The highest BCUT2D eigenvalue weighted by molar-refractivity contribution is 5.79. The van der Waals surface area contributed by atoms with Crippen molar-refractivity contribution in [3.63, 3.8) is 0 Å². The lowest BCUT2D eigenvalue weighted by Gasteiger charge is -2.12. The quantitative estimate of drug-likeness (QED) is 0.323. The highest BCUT2D eigenvalue weighted by Gasteiger charge is 2.26. The predicted molar refractivity (Wildman–Crippen MR) is 55.2 cm³/mol. The molecule has 96 valence electrons. The topological polar surface area (TPSA) is 36.4 Å². The Labute approximate surface area is 92.3 Å². The van der Waals surface area contributed by atoms with E-state index in [1.54, 1.807) is 6.92 Å². The van der Waals surface area contributed by atoms with E-state index in [2.05, 4.69) is 15.6 Å². The molecule has 0 unspecified atom stereocenters. The minimum absolute atomic E-state index is 0.231. The van der Waals surface area contributed by atoms with Gasteiger partial charge in [-0.2, -0.15) is 13.2 Å². The third-order valence-electron chi connectivity index (χ3n) is 1.61. The number of halogens is 4. The van der Waals surface area contributed by atoms with Crippen LogP contribution >= 0.6 is 0 Å². The van der Waals surface area contributed by atoms with Gasteiger partial charge in [-0.1, -0.05) is 0 Å². The van der Waals surface area contributed by atoms with E-state index in [0.29, 0.717) is 12.5 Å². The van der Waals surface area contributed by atoms with Crippen LogP contribution in [0.3, 0.4) is 0 Å². The van der Waals surface area contributed by atoms with Gasteiger partial charge in [-0.15, -0.1) is 0 Å². The molecule has 2 N–H and O–H groups in total. The summed E-state index contributed by atoms with van der Waals surface area (Å²) in [5.41, 5.74) is 0. The molecule has 0 radical (unpaired) electrons. The predicted octanol–water partition coefficient (Wildman–Crippen LogP) is 1.85. The monoisotopic (exact) mass is 243 g/mol. The molecule has 0 aliphatic rings. The Morgan fingerprint density at radius 1 is 1.25 bits per heavy atom. The second-order valence-electron chi connectivity index (χ2n) is 3.10. The maximum Gasteiger partial charge on any atom is 0.390 e. The first kappa shape index (κ1) is 15.0. The fourth-order valence-corrected chi connectivity index (χ4v) is 0.915. The Balaban J connectivity index is 3.88. The molecule has 0 bridgehead atoms. The molecular weight excluding hydrogens is 226 g/mol. The molecule has 0 saturated carbocycles. The van der Waals surface area contributed by atoms with Crippen molar-refractivity contribution in [2.75, 3.05) is 26.3 Å². The van der Waals surface area contributed by atoms with Crippen molar-refractivity contribution in [3.05, 3.63) is 0 Å². The minimum Gasteiger partial charge on any atom is -0.357 e. The summed E-state index contributed by atoms with van der Waals surface area (Å²) in [5.74, 6) is 0.292. The Hall–Kier alpha value is -1.01. The summed E-state index contributed by atoms with van der Waals surface area (Å²) in [6.07, 6.45) is -4.82. The SMILES string of the molecule is CCNC(=NCCCF)NCCC(F)(F)F. The van der Waals surface area contributed by atoms with Gasteiger partial charge in [0, 0.05) is 19.6 Å². The van der Waals surface area contributed by atoms with Crippen LogP contribution in [0.15, 0.2) is 4.99 Å². The molecule has 0 spiro atoms. The average Bonchev–Trinajstić information content (AvgIpc) is 2.16.